The number of rotatable bonds is 4. The highest BCUT2D eigenvalue weighted by atomic mass is 35.5. The lowest BCUT2D eigenvalue weighted by Gasteiger charge is -2.11. The minimum atomic E-state index is -0.295. The van der Waals surface area contributed by atoms with Crippen LogP contribution in [-0.2, 0) is 0 Å². The number of carbonyl (C=O) groups excluding carboxylic acids is 1. The van der Waals surface area contributed by atoms with E-state index in [1.54, 1.807) is 0 Å². The maximum Gasteiger partial charge on any atom is 0.275 e. The summed E-state index contributed by atoms with van der Waals surface area (Å²) in [4.78, 5) is 20.9. The van der Waals surface area contributed by atoms with Crippen LogP contribution in [0.3, 0.4) is 0 Å². The molecule has 0 atom stereocenters. The first-order valence-electron chi connectivity index (χ1n) is 8.17. The van der Waals surface area contributed by atoms with Crippen molar-refractivity contribution >= 4 is 34.7 Å². The van der Waals surface area contributed by atoms with Gasteiger partial charge in [0.1, 0.15) is 11.5 Å². The van der Waals surface area contributed by atoms with Crippen molar-refractivity contribution in [1.82, 2.24) is 9.97 Å². The van der Waals surface area contributed by atoms with Crippen LogP contribution in [0, 0.1) is 20.8 Å². The van der Waals surface area contributed by atoms with Crippen LogP contribution < -0.4 is 10.6 Å². The van der Waals surface area contributed by atoms with E-state index in [1.807, 2.05) is 57.2 Å². The van der Waals surface area contributed by atoms with Crippen LogP contribution in [0.5, 0.6) is 0 Å². The Hall–Kier alpha value is -2.92. The summed E-state index contributed by atoms with van der Waals surface area (Å²) in [6.45, 7) is 5.85. The van der Waals surface area contributed by atoms with Crippen LogP contribution in [0.4, 0.5) is 17.2 Å². The average molecular weight is 367 g/mol. The van der Waals surface area contributed by atoms with Crippen molar-refractivity contribution in [2.45, 2.75) is 20.8 Å². The Morgan fingerprint density at radius 1 is 1.00 bits per heavy atom. The Balaban J connectivity index is 1.73. The average Bonchev–Trinajstić information content (AvgIpc) is 2.62. The summed E-state index contributed by atoms with van der Waals surface area (Å²) in [5.41, 5.74) is 4.86. The van der Waals surface area contributed by atoms with E-state index in [2.05, 4.69) is 20.6 Å². The summed E-state index contributed by atoms with van der Waals surface area (Å²) >= 11 is 6.12. The summed E-state index contributed by atoms with van der Waals surface area (Å²) in [6, 6.07) is 11.5. The maximum absolute atomic E-state index is 12.4. The van der Waals surface area contributed by atoms with E-state index < -0.39 is 0 Å². The summed E-state index contributed by atoms with van der Waals surface area (Å²) in [7, 11) is 0. The Morgan fingerprint density at radius 3 is 2.54 bits per heavy atom. The third-order valence-electron chi connectivity index (χ3n) is 4.06. The normalized spacial score (nSPS) is 10.5. The highest BCUT2D eigenvalue weighted by Crippen LogP contribution is 2.25. The van der Waals surface area contributed by atoms with Crippen LogP contribution in [0.1, 0.15) is 27.2 Å². The monoisotopic (exact) mass is 366 g/mol. The van der Waals surface area contributed by atoms with Gasteiger partial charge in [-0.1, -0.05) is 29.8 Å². The van der Waals surface area contributed by atoms with Crippen LogP contribution in [-0.4, -0.2) is 15.9 Å². The lowest BCUT2D eigenvalue weighted by Crippen LogP contribution is -2.15. The molecule has 3 aromatic rings. The van der Waals surface area contributed by atoms with Crippen molar-refractivity contribution in [2.75, 3.05) is 10.6 Å². The first-order chi connectivity index (χ1) is 12.4. The molecule has 0 saturated heterocycles. The van der Waals surface area contributed by atoms with Gasteiger partial charge in [-0.2, -0.15) is 0 Å². The number of amides is 1. The van der Waals surface area contributed by atoms with Gasteiger partial charge >= 0.3 is 0 Å². The van der Waals surface area contributed by atoms with E-state index in [-0.39, 0.29) is 11.6 Å². The fourth-order valence-corrected chi connectivity index (χ4v) is 2.62. The molecule has 0 spiro atoms. The van der Waals surface area contributed by atoms with Gasteiger partial charge in [0.05, 0.1) is 12.4 Å². The summed E-state index contributed by atoms with van der Waals surface area (Å²) < 4.78 is 0. The third-order valence-corrected chi connectivity index (χ3v) is 4.47. The van der Waals surface area contributed by atoms with Crippen molar-refractivity contribution in [1.29, 1.82) is 0 Å². The molecule has 132 valence electrons. The first kappa shape index (κ1) is 17.9. The van der Waals surface area contributed by atoms with Crippen molar-refractivity contribution in [3.05, 3.63) is 76.2 Å². The van der Waals surface area contributed by atoms with Gasteiger partial charge in [-0.15, -0.1) is 0 Å². The molecule has 2 aromatic carbocycles. The predicted octanol–water partition coefficient (Wildman–Crippen LogP) is 5.05. The third kappa shape index (κ3) is 4.00. The molecule has 1 aromatic heterocycles. The largest absolute Gasteiger partial charge is 0.339 e. The summed E-state index contributed by atoms with van der Waals surface area (Å²) in [5, 5.41) is 6.70. The van der Waals surface area contributed by atoms with Crippen LogP contribution in [0.15, 0.2) is 48.8 Å². The zero-order valence-corrected chi connectivity index (χ0v) is 15.6. The molecular weight excluding hydrogens is 348 g/mol. The predicted molar refractivity (Wildman–Crippen MR) is 105 cm³/mol. The smallest absolute Gasteiger partial charge is 0.275 e. The molecule has 0 saturated carbocycles. The van der Waals surface area contributed by atoms with E-state index >= 15 is 0 Å². The number of carbonyl (C=O) groups is 1. The number of nitrogens with one attached hydrogen (secondary N) is 2. The van der Waals surface area contributed by atoms with Gasteiger partial charge in [-0.3, -0.25) is 4.79 Å². The fraction of sp³-hybridized carbons (Fsp3) is 0.150. The molecule has 0 aliphatic rings. The second kappa shape index (κ2) is 7.54. The molecule has 0 aliphatic carbocycles. The van der Waals surface area contributed by atoms with Crippen molar-refractivity contribution in [2.24, 2.45) is 0 Å². The Morgan fingerprint density at radius 2 is 1.81 bits per heavy atom. The van der Waals surface area contributed by atoms with Crippen LogP contribution >= 0.6 is 11.6 Å². The van der Waals surface area contributed by atoms with Gasteiger partial charge in [0.15, 0.2) is 0 Å². The van der Waals surface area contributed by atoms with Gasteiger partial charge in [0.25, 0.3) is 5.91 Å². The molecule has 0 bridgehead atoms. The molecule has 1 amide bonds. The SMILES string of the molecule is Cc1ccc(C)c(NC(=O)c2cnc(Nc3cccc(Cl)c3C)cn2)c1. The quantitative estimate of drug-likeness (QED) is 0.678. The fourth-order valence-electron chi connectivity index (χ4n) is 2.45. The highest BCUT2D eigenvalue weighted by molar-refractivity contribution is 6.31. The first-order valence-corrected chi connectivity index (χ1v) is 8.54. The van der Waals surface area contributed by atoms with E-state index in [9.17, 15) is 4.79 Å². The second-order valence-electron chi connectivity index (χ2n) is 6.10. The van der Waals surface area contributed by atoms with Gasteiger partial charge in [-0.25, -0.2) is 9.97 Å². The minimum Gasteiger partial charge on any atom is -0.339 e. The maximum atomic E-state index is 12.4. The number of nitrogens with zero attached hydrogens (tertiary/aromatic N) is 2. The minimum absolute atomic E-state index is 0.249. The molecular formula is C20H19ClN4O. The zero-order chi connectivity index (χ0) is 18.7. The van der Waals surface area contributed by atoms with Gasteiger partial charge in [0, 0.05) is 16.4 Å². The van der Waals surface area contributed by atoms with Gasteiger partial charge in [-0.05, 0) is 55.7 Å². The van der Waals surface area contributed by atoms with Crippen molar-refractivity contribution in [3.63, 3.8) is 0 Å². The molecule has 3 rings (SSSR count). The van der Waals surface area contributed by atoms with Crippen LogP contribution in [0.2, 0.25) is 5.02 Å². The van der Waals surface area contributed by atoms with E-state index in [0.717, 1.165) is 28.1 Å². The van der Waals surface area contributed by atoms with E-state index in [1.165, 1.54) is 12.4 Å². The van der Waals surface area contributed by atoms with Crippen molar-refractivity contribution < 1.29 is 4.79 Å². The topological polar surface area (TPSA) is 66.9 Å². The van der Waals surface area contributed by atoms with Crippen molar-refractivity contribution in [3.8, 4) is 0 Å². The molecule has 0 aliphatic heterocycles. The van der Waals surface area contributed by atoms with Gasteiger partial charge < -0.3 is 10.6 Å². The standard InChI is InChI=1S/C20H19ClN4O/c1-12-7-8-13(2)17(9-12)25-20(26)18-10-23-19(11-22-18)24-16-6-4-5-15(21)14(16)3/h4-11H,1-3H3,(H,23,24)(H,25,26). The lowest BCUT2D eigenvalue weighted by molar-refractivity contribution is 0.102. The molecule has 5 nitrogen and oxygen atoms in total. The molecule has 0 fully saturated rings. The molecule has 0 radical (unpaired) electrons. The zero-order valence-electron chi connectivity index (χ0n) is 14.8. The van der Waals surface area contributed by atoms with Gasteiger partial charge in [0.2, 0.25) is 0 Å². The van der Waals surface area contributed by atoms with E-state index in [0.29, 0.717) is 10.8 Å². The number of aromatic nitrogens is 2. The number of anilines is 3. The summed E-state index contributed by atoms with van der Waals surface area (Å²) in [5.74, 6) is 0.246. The summed E-state index contributed by atoms with van der Waals surface area (Å²) in [6.07, 6.45) is 2.97. The molecule has 1 heterocycles. The Labute approximate surface area is 157 Å². The number of halogens is 1. The number of hydrogen-bond acceptors (Lipinski definition) is 4. The number of hydrogen-bond donors (Lipinski definition) is 2. The van der Waals surface area contributed by atoms with E-state index in [4.69, 9.17) is 11.6 Å². The molecule has 0 unspecified atom stereocenters. The Bertz CT molecular complexity index is 955. The molecule has 6 heteroatoms. The lowest BCUT2D eigenvalue weighted by atomic mass is 10.1. The number of aryl methyl sites for hydroxylation is 2. The number of benzene rings is 2. The molecule has 2 N–H and O–H groups in total. The highest BCUT2D eigenvalue weighted by Gasteiger charge is 2.11. The van der Waals surface area contributed by atoms with Crippen LogP contribution in [0.25, 0.3) is 0 Å². The molecule has 26 heavy (non-hydrogen) atoms. The second-order valence-corrected chi connectivity index (χ2v) is 6.50. The Kier molecular flexibility index (Phi) is 5.19.